The molecule has 0 fully saturated rings. The van der Waals surface area contributed by atoms with Gasteiger partial charge in [-0.05, 0) is 45.9 Å². The lowest BCUT2D eigenvalue weighted by atomic mass is 10.0. The van der Waals surface area contributed by atoms with Crippen molar-refractivity contribution in [3.63, 3.8) is 0 Å². The Kier molecular flexibility index (Phi) is 6.01. The zero-order valence-electron chi connectivity index (χ0n) is 15.9. The Bertz CT molecular complexity index is 818. The molecule has 0 atom stereocenters. The minimum Gasteiger partial charge on any atom is -0.496 e. The van der Waals surface area contributed by atoms with Crippen LogP contribution >= 0.6 is 0 Å². The molecule has 1 aromatic heterocycles. The highest BCUT2D eigenvalue weighted by atomic mass is 16.5. The summed E-state index contributed by atoms with van der Waals surface area (Å²) in [5.41, 5.74) is 14.0. The van der Waals surface area contributed by atoms with Crippen molar-refractivity contribution in [3.05, 3.63) is 29.3 Å². The molecule has 0 saturated carbocycles. The van der Waals surface area contributed by atoms with E-state index in [9.17, 15) is 5.26 Å². The first-order valence-electron chi connectivity index (χ1n) is 8.54. The Morgan fingerprint density at radius 1 is 1.15 bits per heavy atom. The van der Waals surface area contributed by atoms with Gasteiger partial charge in [0, 0.05) is 29.8 Å². The third kappa shape index (κ3) is 4.03. The van der Waals surface area contributed by atoms with E-state index in [1.807, 2.05) is 18.2 Å². The van der Waals surface area contributed by atoms with Crippen molar-refractivity contribution in [3.8, 4) is 23.1 Å². The van der Waals surface area contributed by atoms with Crippen LogP contribution in [-0.4, -0.2) is 34.1 Å². The fourth-order valence-corrected chi connectivity index (χ4v) is 3.02. The molecule has 1 heterocycles. The van der Waals surface area contributed by atoms with Gasteiger partial charge in [0.25, 0.3) is 0 Å². The average Bonchev–Trinajstić information content (AvgIpc) is 2.58. The van der Waals surface area contributed by atoms with E-state index in [0.29, 0.717) is 24.3 Å². The van der Waals surface area contributed by atoms with E-state index in [2.05, 4.69) is 48.6 Å². The summed E-state index contributed by atoms with van der Waals surface area (Å²) in [5.74, 6) is 0.909. The van der Waals surface area contributed by atoms with Crippen LogP contribution < -0.4 is 16.2 Å². The van der Waals surface area contributed by atoms with Gasteiger partial charge in [0.15, 0.2) is 0 Å². The van der Waals surface area contributed by atoms with Gasteiger partial charge in [-0.2, -0.15) is 10.2 Å². The minimum atomic E-state index is 0.0415. The number of nitrogen functional groups attached to an aromatic ring is 2. The van der Waals surface area contributed by atoms with Crippen molar-refractivity contribution in [2.24, 2.45) is 0 Å². The van der Waals surface area contributed by atoms with E-state index < -0.39 is 0 Å². The van der Waals surface area contributed by atoms with Gasteiger partial charge in [-0.3, -0.25) is 4.90 Å². The third-order valence-electron chi connectivity index (χ3n) is 4.30. The molecule has 0 aliphatic heterocycles. The summed E-state index contributed by atoms with van der Waals surface area (Å²) in [7, 11) is 1.65. The van der Waals surface area contributed by atoms with Crippen LogP contribution in [0.2, 0.25) is 0 Å². The quantitative estimate of drug-likeness (QED) is 0.819. The van der Waals surface area contributed by atoms with Gasteiger partial charge in [-0.15, -0.1) is 0 Å². The first-order chi connectivity index (χ1) is 12.3. The van der Waals surface area contributed by atoms with E-state index in [0.717, 1.165) is 16.9 Å². The second-order valence-corrected chi connectivity index (χ2v) is 6.69. The van der Waals surface area contributed by atoms with Crippen molar-refractivity contribution < 1.29 is 4.74 Å². The Labute approximate surface area is 154 Å². The summed E-state index contributed by atoms with van der Waals surface area (Å²) in [6, 6.07) is 8.52. The van der Waals surface area contributed by atoms with Crippen LogP contribution in [0.3, 0.4) is 0 Å². The first kappa shape index (κ1) is 19.5. The highest BCUT2D eigenvalue weighted by molar-refractivity contribution is 5.74. The Morgan fingerprint density at radius 2 is 1.81 bits per heavy atom. The molecule has 1 aromatic carbocycles. The van der Waals surface area contributed by atoms with Crippen LogP contribution in [0.1, 0.15) is 38.8 Å². The fraction of sp³-hybridized carbons (Fsp3) is 0.421. The SMILES string of the molecule is COc1ccc(-c2nc(N)nc(N)c2C#N)cc1CN(C(C)C)C(C)C. The van der Waals surface area contributed by atoms with Crippen molar-refractivity contribution in [1.29, 1.82) is 5.26 Å². The standard InChI is InChI=1S/C19H26N6O/c1-11(2)25(12(3)4)10-14-8-13(6-7-16(14)26-5)17-15(9-20)18(21)24-19(22)23-17/h6-8,11-12H,10H2,1-5H3,(H4,21,22,23,24). The second kappa shape index (κ2) is 8.02. The summed E-state index contributed by atoms with van der Waals surface area (Å²) in [6.45, 7) is 9.36. The van der Waals surface area contributed by atoms with Crippen LogP contribution in [0.4, 0.5) is 11.8 Å². The van der Waals surface area contributed by atoms with E-state index in [1.54, 1.807) is 7.11 Å². The molecule has 138 valence electrons. The van der Waals surface area contributed by atoms with Gasteiger partial charge in [0.2, 0.25) is 5.95 Å². The predicted molar refractivity (Wildman–Crippen MR) is 103 cm³/mol. The fourth-order valence-electron chi connectivity index (χ4n) is 3.02. The number of hydrogen-bond acceptors (Lipinski definition) is 7. The van der Waals surface area contributed by atoms with Gasteiger partial charge >= 0.3 is 0 Å². The van der Waals surface area contributed by atoms with Crippen LogP contribution in [0.15, 0.2) is 18.2 Å². The number of benzene rings is 1. The molecule has 0 amide bonds. The largest absolute Gasteiger partial charge is 0.496 e. The highest BCUT2D eigenvalue weighted by Crippen LogP contribution is 2.31. The maximum absolute atomic E-state index is 9.43. The predicted octanol–water partition coefficient (Wildman–Crippen LogP) is 2.81. The van der Waals surface area contributed by atoms with Gasteiger partial charge in [0.1, 0.15) is 23.2 Å². The van der Waals surface area contributed by atoms with Crippen LogP contribution in [-0.2, 0) is 6.54 Å². The van der Waals surface area contributed by atoms with Crippen molar-refractivity contribution in [2.45, 2.75) is 46.3 Å². The number of ether oxygens (including phenoxy) is 1. The van der Waals surface area contributed by atoms with Crippen LogP contribution in [0.25, 0.3) is 11.3 Å². The summed E-state index contributed by atoms with van der Waals surface area (Å²) in [4.78, 5) is 10.5. The average molecular weight is 354 g/mol. The summed E-state index contributed by atoms with van der Waals surface area (Å²) in [5, 5.41) is 9.43. The number of nitrogens with two attached hydrogens (primary N) is 2. The first-order valence-corrected chi connectivity index (χ1v) is 8.54. The van der Waals surface area contributed by atoms with Crippen molar-refractivity contribution in [1.82, 2.24) is 14.9 Å². The van der Waals surface area contributed by atoms with Crippen molar-refractivity contribution >= 4 is 11.8 Å². The van der Waals surface area contributed by atoms with E-state index in [1.165, 1.54) is 0 Å². The number of anilines is 2. The smallest absolute Gasteiger partial charge is 0.222 e. The zero-order chi connectivity index (χ0) is 19.4. The number of aromatic nitrogens is 2. The number of rotatable bonds is 6. The van der Waals surface area contributed by atoms with Gasteiger partial charge in [-0.1, -0.05) is 0 Å². The van der Waals surface area contributed by atoms with E-state index in [4.69, 9.17) is 16.2 Å². The molecule has 26 heavy (non-hydrogen) atoms. The number of hydrogen-bond donors (Lipinski definition) is 2. The molecule has 0 bridgehead atoms. The Morgan fingerprint density at radius 3 is 2.35 bits per heavy atom. The normalized spacial score (nSPS) is 11.2. The Hall–Kier alpha value is -2.85. The zero-order valence-corrected chi connectivity index (χ0v) is 15.9. The molecule has 0 aliphatic carbocycles. The molecule has 0 unspecified atom stereocenters. The highest BCUT2D eigenvalue weighted by Gasteiger charge is 2.19. The lowest BCUT2D eigenvalue weighted by molar-refractivity contribution is 0.164. The molecule has 0 aliphatic rings. The molecular formula is C19H26N6O. The number of nitriles is 1. The minimum absolute atomic E-state index is 0.0415. The molecule has 7 heteroatoms. The molecule has 7 nitrogen and oxygen atoms in total. The molecule has 0 saturated heterocycles. The van der Waals surface area contributed by atoms with Crippen LogP contribution in [0, 0.1) is 11.3 Å². The number of nitrogens with zero attached hydrogens (tertiary/aromatic N) is 4. The Balaban J connectivity index is 2.56. The molecule has 2 rings (SSSR count). The third-order valence-corrected chi connectivity index (χ3v) is 4.30. The van der Waals surface area contributed by atoms with E-state index >= 15 is 0 Å². The van der Waals surface area contributed by atoms with Gasteiger partial charge in [0.05, 0.1) is 12.8 Å². The van der Waals surface area contributed by atoms with Gasteiger partial charge < -0.3 is 16.2 Å². The van der Waals surface area contributed by atoms with Gasteiger partial charge in [-0.25, -0.2) is 4.98 Å². The summed E-state index contributed by atoms with van der Waals surface area (Å²) in [6.07, 6.45) is 0. The summed E-state index contributed by atoms with van der Waals surface area (Å²) < 4.78 is 5.53. The summed E-state index contributed by atoms with van der Waals surface area (Å²) >= 11 is 0. The maximum Gasteiger partial charge on any atom is 0.222 e. The van der Waals surface area contributed by atoms with Crippen LogP contribution in [0.5, 0.6) is 5.75 Å². The lowest BCUT2D eigenvalue weighted by Crippen LogP contribution is -2.36. The topological polar surface area (TPSA) is 114 Å². The second-order valence-electron chi connectivity index (χ2n) is 6.69. The molecule has 2 aromatic rings. The number of methoxy groups -OCH3 is 1. The van der Waals surface area contributed by atoms with Crippen molar-refractivity contribution in [2.75, 3.05) is 18.6 Å². The molecular weight excluding hydrogens is 328 g/mol. The van der Waals surface area contributed by atoms with E-state index in [-0.39, 0.29) is 17.3 Å². The molecule has 4 N–H and O–H groups in total. The monoisotopic (exact) mass is 354 g/mol. The lowest BCUT2D eigenvalue weighted by Gasteiger charge is -2.31. The maximum atomic E-state index is 9.43. The molecule has 0 spiro atoms. The molecule has 0 radical (unpaired) electrons.